The summed E-state index contributed by atoms with van der Waals surface area (Å²) >= 11 is 5.80. The van der Waals surface area contributed by atoms with E-state index in [4.69, 9.17) is 16.7 Å². The summed E-state index contributed by atoms with van der Waals surface area (Å²) in [6, 6.07) is 7.69. The molecule has 1 aromatic carbocycles. The van der Waals surface area contributed by atoms with Crippen molar-refractivity contribution in [1.29, 1.82) is 0 Å². The van der Waals surface area contributed by atoms with Gasteiger partial charge in [-0.05, 0) is 30.7 Å². The lowest BCUT2D eigenvalue weighted by Crippen LogP contribution is -2.22. The molecule has 1 saturated heterocycles. The number of halogens is 2. The van der Waals surface area contributed by atoms with E-state index in [1.54, 1.807) is 0 Å². The molecule has 0 aliphatic carbocycles. The van der Waals surface area contributed by atoms with Gasteiger partial charge in [0.1, 0.15) is 0 Å². The second-order valence-electron chi connectivity index (χ2n) is 4.19. The van der Waals surface area contributed by atoms with Gasteiger partial charge in [0.25, 0.3) is 0 Å². The van der Waals surface area contributed by atoms with Crippen molar-refractivity contribution in [2.45, 2.75) is 13.0 Å². The van der Waals surface area contributed by atoms with Gasteiger partial charge in [0.15, 0.2) is 0 Å². The number of benzene rings is 1. The number of carboxylic acids is 1. The van der Waals surface area contributed by atoms with Crippen LogP contribution >= 0.6 is 24.0 Å². The molecular weight excluding hydrogens is 261 g/mol. The van der Waals surface area contributed by atoms with E-state index < -0.39 is 5.97 Å². The van der Waals surface area contributed by atoms with Crippen LogP contribution in [0.2, 0.25) is 5.02 Å². The molecule has 1 N–H and O–H groups in total. The van der Waals surface area contributed by atoms with E-state index >= 15 is 0 Å². The minimum absolute atomic E-state index is 0. The minimum Gasteiger partial charge on any atom is -0.481 e. The van der Waals surface area contributed by atoms with Gasteiger partial charge in [0.05, 0.1) is 5.92 Å². The summed E-state index contributed by atoms with van der Waals surface area (Å²) in [5, 5.41) is 9.62. The van der Waals surface area contributed by atoms with Crippen LogP contribution in [0, 0.1) is 5.92 Å². The van der Waals surface area contributed by atoms with Crippen molar-refractivity contribution in [2.75, 3.05) is 13.1 Å². The molecule has 2 rings (SSSR count). The van der Waals surface area contributed by atoms with Gasteiger partial charge < -0.3 is 5.11 Å². The van der Waals surface area contributed by atoms with Crippen LogP contribution in [0.25, 0.3) is 0 Å². The molecule has 0 radical (unpaired) electrons. The molecule has 0 spiro atoms. The lowest BCUT2D eigenvalue weighted by Gasteiger charge is -2.14. The Morgan fingerprint density at radius 2 is 2.06 bits per heavy atom. The van der Waals surface area contributed by atoms with E-state index in [9.17, 15) is 4.79 Å². The van der Waals surface area contributed by atoms with Gasteiger partial charge in [0.2, 0.25) is 0 Å². The largest absolute Gasteiger partial charge is 0.481 e. The molecule has 94 valence electrons. The lowest BCUT2D eigenvalue weighted by molar-refractivity contribution is -0.141. The van der Waals surface area contributed by atoms with Crippen LogP contribution < -0.4 is 0 Å². The monoisotopic (exact) mass is 275 g/mol. The fourth-order valence-corrected chi connectivity index (χ4v) is 2.15. The molecule has 0 saturated carbocycles. The zero-order valence-electron chi connectivity index (χ0n) is 9.30. The first-order chi connectivity index (χ1) is 7.65. The highest BCUT2D eigenvalue weighted by Crippen LogP contribution is 2.19. The SMILES string of the molecule is Cl.O=C(O)C1CCN(Cc2ccc(Cl)cc2)C1. The molecule has 1 fully saturated rings. The Morgan fingerprint density at radius 3 is 2.59 bits per heavy atom. The fourth-order valence-electron chi connectivity index (χ4n) is 2.03. The maximum atomic E-state index is 10.8. The number of likely N-dealkylation sites (tertiary alicyclic amines) is 1. The van der Waals surface area contributed by atoms with Gasteiger partial charge in [-0.2, -0.15) is 0 Å². The van der Waals surface area contributed by atoms with Crippen molar-refractivity contribution in [3.63, 3.8) is 0 Å². The summed E-state index contributed by atoms with van der Waals surface area (Å²) in [4.78, 5) is 13.0. The van der Waals surface area contributed by atoms with Crippen molar-refractivity contribution >= 4 is 30.0 Å². The molecule has 1 aromatic rings. The summed E-state index contributed by atoms with van der Waals surface area (Å²) in [5.74, 6) is -0.883. The zero-order valence-corrected chi connectivity index (χ0v) is 10.9. The van der Waals surface area contributed by atoms with Crippen molar-refractivity contribution in [1.82, 2.24) is 4.90 Å². The highest BCUT2D eigenvalue weighted by Gasteiger charge is 2.27. The maximum Gasteiger partial charge on any atom is 0.307 e. The van der Waals surface area contributed by atoms with Crippen molar-refractivity contribution in [3.8, 4) is 0 Å². The number of nitrogens with zero attached hydrogens (tertiary/aromatic N) is 1. The quantitative estimate of drug-likeness (QED) is 0.922. The molecule has 1 aliphatic heterocycles. The average molecular weight is 276 g/mol. The Kier molecular flexibility index (Phi) is 5.25. The lowest BCUT2D eigenvalue weighted by atomic mass is 10.1. The fraction of sp³-hybridized carbons (Fsp3) is 0.417. The van der Waals surface area contributed by atoms with Crippen molar-refractivity contribution in [3.05, 3.63) is 34.9 Å². The first kappa shape index (κ1) is 14.3. The molecule has 1 unspecified atom stereocenters. The summed E-state index contributed by atoms with van der Waals surface area (Å²) in [6.45, 7) is 2.32. The predicted octanol–water partition coefficient (Wildman–Crippen LogP) is 2.67. The number of rotatable bonds is 3. The number of hydrogen-bond donors (Lipinski definition) is 1. The molecular formula is C12H15Cl2NO2. The Bertz CT molecular complexity index is 381. The summed E-state index contributed by atoms with van der Waals surface area (Å²) in [5.41, 5.74) is 1.18. The Balaban J connectivity index is 0.00000144. The summed E-state index contributed by atoms with van der Waals surface area (Å²) in [6.07, 6.45) is 0.753. The Morgan fingerprint density at radius 1 is 1.41 bits per heavy atom. The van der Waals surface area contributed by atoms with E-state index in [0.29, 0.717) is 6.54 Å². The number of carboxylic acid groups (broad SMARTS) is 1. The molecule has 1 heterocycles. The third-order valence-corrected chi connectivity index (χ3v) is 3.19. The van der Waals surface area contributed by atoms with E-state index in [0.717, 1.165) is 24.5 Å². The Hall–Kier alpha value is -0.770. The van der Waals surface area contributed by atoms with Crippen LogP contribution in [0.5, 0.6) is 0 Å². The average Bonchev–Trinajstić information content (AvgIpc) is 2.70. The molecule has 1 atom stereocenters. The summed E-state index contributed by atoms with van der Waals surface area (Å²) in [7, 11) is 0. The van der Waals surface area contributed by atoms with Crippen molar-refractivity contribution < 1.29 is 9.90 Å². The summed E-state index contributed by atoms with van der Waals surface area (Å²) < 4.78 is 0. The standard InChI is InChI=1S/C12H14ClNO2.ClH/c13-11-3-1-9(2-4-11)7-14-6-5-10(8-14)12(15)16;/h1-4,10H,5-8H2,(H,15,16);1H. The van der Waals surface area contributed by atoms with E-state index in [-0.39, 0.29) is 18.3 Å². The van der Waals surface area contributed by atoms with Crippen LogP contribution in [0.3, 0.4) is 0 Å². The maximum absolute atomic E-state index is 10.8. The van der Waals surface area contributed by atoms with E-state index in [2.05, 4.69) is 4.90 Å². The van der Waals surface area contributed by atoms with Crippen LogP contribution in [-0.2, 0) is 11.3 Å². The van der Waals surface area contributed by atoms with Crippen LogP contribution in [0.1, 0.15) is 12.0 Å². The molecule has 5 heteroatoms. The normalized spacial score (nSPS) is 19.9. The van der Waals surface area contributed by atoms with Gasteiger partial charge in [-0.3, -0.25) is 9.69 Å². The third-order valence-electron chi connectivity index (χ3n) is 2.94. The predicted molar refractivity (Wildman–Crippen MR) is 69.7 cm³/mol. The van der Waals surface area contributed by atoms with E-state index in [1.165, 1.54) is 5.56 Å². The molecule has 0 aromatic heterocycles. The molecule has 0 bridgehead atoms. The zero-order chi connectivity index (χ0) is 11.5. The number of carbonyl (C=O) groups is 1. The highest BCUT2D eigenvalue weighted by atomic mass is 35.5. The molecule has 17 heavy (non-hydrogen) atoms. The topological polar surface area (TPSA) is 40.5 Å². The smallest absolute Gasteiger partial charge is 0.307 e. The first-order valence-electron chi connectivity index (χ1n) is 5.35. The molecule has 3 nitrogen and oxygen atoms in total. The highest BCUT2D eigenvalue weighted by molar-refractivity contribution is 6.30. The van der Waals surface area contributed by atoms with Crippen LogP contribution in [0.15, 0.2) is 24.3 Å². The molecule has 0 amide bonds. The van der Waals surface area contributed by atoms with Gasteiger partial charge in [-0.25, -0.2) is 0 Å². The van der Waals surface area contributed by atoms with Crippen LogP contribution in [-0.4, -0.2) is 29.1 Å². The third kappa shape index (κ3) is 3.87. The van der Waals surface area contributed by atoms with Gasteiger partial charge in [-0.15, -0.1) is 12.4 Å². The van der Waals surface area contributed by atoms with Gasteiger partial charge in [0, 0.05) is 18.1 Å². The Labute approximate surface area is 112 Å². The second kappa shape index (κ2) is 6.24. The van der Waals surface area contributed by atoms with Crippen molar-refractivity contribution in [2.24, 2.45) is 5.92 Å². The van der Waals surface area contributed by atoms with Crippen LogP contribution in [0.4, 0.5) is 0 Å². The first-order valence-corrected chi connectivity index (χ1v) is 5.72. The van der Waals surface area contributed by atoms with Gasteiger partial charge >= 0.3 is 5.97 Å². The van der Waals surface area contributed by atoms with E-state index in [1.807, 2.05) is 24.3 Å². The second-order valence-corrected chi connectivity index (χ2v) is 4.62. The van der Waals surface area contributed by atoms with Gasteiger partial charge in [-0.1, -0.05) is 23.7 Å². The number of hydrogen-bond acceptors (Lipinski definition) is 2. The molecule has 1 aliphatic rings. The minimum atomic E-state index is -0.682. The number of aliphatic carboxylic acids is 1.